The second-order valence-corrected chi connectivity index (χ2v) is 30.5. The van der Waals surface area contributed by atoms with Gasteiger partial charge < -0.3 is 30.7 Å². The van der Waals surface area contributed by atoms with Crippen molar-refractivity contribution in [3.63, 3.8) is 0 Å². The van der Waals surface area contributed by atoms with Gasteiger partial charge in [0.2, 0.25) is 0 Å². The number of rotatable bonds is 11. The molecule has 9 aromatic carbocycles. The summed E-state index contributed by atoms with van der Waals surface area (Å²) in [6.45, 7) is 8.87. The van der Waals surface area contributed by atoms with E-state index in [2.05, 4.69) is 67.9 Å². The van der Waals surface area contributed by atoms with Crippen LogP contribution in [0.15, 0.2) is 182 Å². The highest BCUT2D eigenvalue weighted by molar-refractivity contribution is 8.14. The van der Waals surface area contributed by atoms with Gasteiger partial charge in [-0.05, 0) is 216 Å². The van der Waals surface area contributed by atoms with Crippen molar-refractivity contribution in [2.24, 2.45) is 0 Å². The average Bonchev–Trinajstić information content (AvgIpc) is 0.749. The molecule has 9 nitrogen and oxygen atoms in total. The van der Waals surface area contributed by atoms with Gasteiger partial charge in [0.25, 0.3) is 15.7 Å². The predicted molar refractivity (Wildman–Crippen MR) is 410 cm³/mol. The Hall–Kier alpha value is -8.93. The number of anilines is 6. The lowest BCUT2D eigenvalue weighted by atomic mass is 9.76. The molecule has 558 valence electrons. The van der Waals surface area contributed by atoms with Crippen LogP contribution in [0.5, 0.6) is 0 Å². The van der Waals surface area contributed by atoms with E-state index in [0.29, 0.717) is 42.7 Å². The molecule has 0 fully saturated rings. The highest BCUT2D eigenvalue weighted by Crippen LogP contribution is 2.54. The number of nitrogens with one attached hydrogen (secondary N) is 3. The first kappa shape index (κ1) is 76.3. The van der Waals surface area contributed by atoms with Gasteiger partial charge in [-0.15, -0.1) is 0 Å². The van der Waals surface area contributed by atoms with Crippen molar-refractivity contribution in [1.29, 1.82) is 0 Å². The largest absolute Gasteiger partial charge is 0.416 e. The quantitative estimate of drug-likeness (QED) is 0.109. The molecule has 6 atom stereocenters. The molecule has 0 aliphatic carbocycles. The number of carbonyl (C=O) groups is 3. The third-order valence-corrected chi connectivity index (χ3v) is 23.2. The second kappa shape index (κ2) is 32.1. The van der Waals surface area contributed by atoms with Crippen LogP contribution >= 0.6 is 35.3 Å². The van der Waals surface area contributed by atoms with Gasteiger partial charge in [0.15, 0.2) is 0 Å². The molecule has 6 aliphatic heterocycles. The molecule has 3 amide bonds. The molecule has 0 saturated carbocycles. The van der Waals surface area contributed by atoms with E-state index >= 15 is 0 Å². The first-order valence-electron chi connectivity index (χ1n) is 35.7. The van der Waals surface area contributed by atoms with Gasteiger partial charge in [0.05, 0.1) is 16.7 Å². The van der Waals surface area contributed by atoms with E-state index in [4.69, 9.17) is 0 Å². The molecule has 0 bridgehead atoms. The average molecular weight is 1530 g/mol. The lowest BCUT2D eigenvalue weighted by Gasteiger charge is -2.43. The van der Waals surface area contributed by atoms with Gasteiger partial charge in [0, 0.05) is 115 Å². The lowest BCUT2D eigenvalue weighted by molar-refractivity contribution is -0.138. The minimum atomic E-state index is -4.49. The summed E-state index contributed by atoms with van der Waals surface area (Å²) in [7, 11) is 0. The SMILES string of the molecule is CCCSC(=O)Nc1cc2c3c(c1)[C@H](c1ccc(C(F)(F)F)cc1)CCN3CC[C@H]2c1ccc(C)cc1.CSC(=O)Nc1cc2c3c(c1)[C@H](c1cccc(C(F)(F)F)c1)CCN3CC[C@H]2c1cccc(C(F)(F)F)c1.CSC(=O)Nc1cc2c3c(c1)[C@H](c1cccc(F)c1)CCN3CC[C@H]2c1cccc(F)c1. The molecule has 0 saturated heterocycles. The Morgan fingerprint density at radius 3 is 0.963 bits per heavy atom. The third-order valence-electron chi connectivity index (χ3n) is 21.2. The van der Waals surface area contributed by atoms with E-state index in [1.807, 2.05) is 37.3 Å². The van der Waals surface area contributed by atoms with Gasteiger partial charge in [-0.2, -0.15) is 39.5 Å². The maximum absolute atomic E-state index is 14.0. The summed E-state index contributed by atoms with van der Waals surface area (Å²) in [5.74, 6) is -0.256. The predicted octanol–water partition coefficient (Wildman–Crippen LogP) is 23.8. The third kappa shape index (κ3) is 17.0. The van der Waals surface area contributed by atoms with Gasteiger partial charge in [-0.3, -0.25) is 14.4 Å². The fourth-order valence-electron chi connectivity index (χ4n) is 16.4. The van der Waals surface area contributed by atoms with Crippen molar-refractivity contribution in [1.82, 2.24) is 0 Å². The number of amides is 3. The first-order valence-corrected chi connectivity index (χ1v) is 39.2. The van der Waals surface area contributed by atoms with E-state index in [9.17, 15) is 62.7 Å². The summed E-state index contributed by atoms with van der Waals surface area (Å²) in [5, 5.41) is 8.34. The minimum absolute atomic E-state index is 0.0353. The fourth-order valence-corrected chi connectivity index (χ4v) is 17.4. The molecular formula is C84H79F11N6O3S3. The standard InChI is InChI=1S/C30H31F3N2OS.C28H24F6N2OS.C26H24F2N2OS/c1-3-16-37-29(36)34-23-17-26-24(20-6-4-19(2)5-7-20)12-14-35-15-13-25(27(18-23)28(26)35)21-8-10-22(11-9-21)30(31,32)33;1-38-26(37)35-20-14-23-21(16-4-2-6-18(12-16)27(29,30)31)8-10-36-11-9-22(24(15-20)25(23)36)17-5-3-7-19(13-17)28(32,33)34;1-32-26(31)29-20-14-23-21(16-4-2-6-18(27)12-16)8-10-30-11-9-22(24(15-20)25(23)30)17-5-3-7-19(28)13-17/h4-11,17-18,24-25H,3,12-16H2,1-2H3,(H,34,36);2-7,12-15,21-22H,8-11H2,1H3,(H,35,37);2-7,12-15,21-22H,8-11H2,1H3,(H,29,31)/t24-,25-;2*21-,22-/m000/s1. The Labute approximate surface area is 627 Å². The van der Waals surface area contributed by atoms with Crippen molar-refractivity contribution in [3.05, 3.63) is 283 Å². The van der Waals surface area contributed by atoms with Gasteiger partial charge in [0.1, 0.15) is 11.6 Å². The molecule has 0 unspecified atom stereocenters. The van der Waals surface area contributed by atoms with Crippen molar-refractivity contribution in [2.75, 3.05) is 88.2 Å². The van der Waals surface area contributed by atoms with E-state index in [1.165, 1.54) is 70.5 Å². The summed E-state index contributed by atoms with van der Waals surface area (Å²) in [6.07, 6.45) is -4.38. The number of hydrogen-bond acceptors (Lipinski definition) is 9. The first-order chi connectivity index (χ1) is 51.2. The van der Waals surface area contributed by atoms with E-state index in [-0.39, 0.29) is 62.9 Å². The number of thioether (sulfide) groups is 3. The Morgan fingerprint density at radius 1 is 0.374 bits per heavy atom. The van der Waals surface area contributed by atoms with E-state index < -0.39 is 35.2 Å². The Kier molecular flexibility index (Phi) is 22.9. The van der Waals surface area contributed by atoms with Crippen LogP contribution < -0.4 is 30.7 Å². The molecule has 9 aromatic rings. The molecule has 0 radical (unpaired) electrons. The van der Waals surface area contributed by atoms with Crippen LogP contribution in [0.2, 0.25) is 0 Å². The van der Waals surface area contributed by atoms with Crippen LogP contribution in [0, 0.1) is 18.6 Å². The molecule has 6 heterocycles. The summed E-state index contributed by atoms with van der Waals surface area (Å²) < 4.78 is 149. The smallest absolute Gasteiger partial charge is 0.371 e. The van der Waals surface area contributed by atoms with Gasteiger partial charge >= 0.3 is 18.5 Å². The Bertz CT molecular complexity index is 4600. The molecule has 0 aromatic heterocycles. The molecule has 0 spiro atoms. The zero-order valence-corrected chi connectivity index (χ0v) is 61.6. The Morgan fingerprint density at radius 2 is 0.664 bits per heavy atom. The molecule has 3 N–H and O–H groups in total. The number of carbonyl (C=O) groups excluding carboxylic acids is 3. The van der Waals surface area contributed by atoms with Gasteiger partial charge in [-0.1, -0.05) is 145 Å². The topological polar surface area (TPSA) is 97.0 Å². The van der Waals surface area contributed by atoms with Crippen molar-refractivity contribution >= 4 is 85.1 Å². The van der Waals surface area contributed by atoms with Crippen molar-refractivity contribution in [3.8, 4) is 0 Å². The number of benzene rings is 9. The van der Waals surface area contributed by atoms with Crippen LogP contribution in [-0.4, -0.2) is 73.3 Å². The normalized spacial score (nSPS) is 19.1. The highest BCUT2D eigenvalue weighted by Gasteiger charge is 2.41. The van der Waals surface area contributed by atoms with E-state index in [1.54, 1.807) is 73.2 Å². The highest BCUT2D eigenvalue weighted by atomic mass is 32.2. The summed E-state index contributed by atoms with van der Waals surface area (Å²) in [4.78, 5) is 44.0. The fraction of sp³-hybridized carbons (Fsp3) is 0.321. The van der Waals surface area contributed by atoms with E-state index in [0.717, 1.165) is 179 Å². The Balaban J connectivity index is 0.000000142. The number of nitrogens with zero attached hydrogens (tertiary/aromatic N) is 3. The van der Waals surface area contributed by atoms with Crippen molar-refractivity contribution in [2.45, 2.75) is 113 Å². The molecule has 107 heavy (non-hydrogen) atoms. The van der Waals surface area contributed by atoms with Crippen LogP contribution in [0.3, 0.4) is 0 Å². The van der Waals surface area contributed by atoms with Crippen LogP contribution in [0.4, 0.5) is 96.8 Å². The number of aryl methyl sites for hydroxylation is 1. The number of hydrogen-bond donors (Lipinski definition) is 3. The van der Waals surface area contributed by atoms with Crippen LogP contribution in [0.1, 0.15) is 176 Å². The molecule has 23 heteroatoms. The van der Waals surface area contributed by atoms with Crippen LogP contribution in [0.25, 0.3) is 0 Å². The number of alkyl halides is 9. The second-order valence-electron chi connectivity index (χ2n) is 27.9. The summed E-state index contributed by atoms with van der Waals surface area (Å²) >= 11 is 3.37. The number of halogens is 11. The summed E-state index contributed by atoms with van der Waals surface area (Å²) in [5.41, 5.74) is 15.2. The van der Waals surface area contributed by atoms with Crippen LogP contribution in [-0.2, 0) is 18.5 Å². The minimum Gasteiger partial charge on any atom is -0.371 e. The summed E-state index contributed by atoms with van der Waals surface area (Å²) in [6, 6.07) is 50.1. The molecule has 6 aliphatic rings. The zero-order chi connectivity index (χ0) is 75.6. The molecule has 15 rings (SSSR count). The maximum atomic E-state index is 14.0. The lowest BCUT2D eigenvalue weighted by Crippen LogP contribution is -2.37. The monoisotopic (exact) mass is 1520 g/mol. The maximum Gasteiger partial charge on any atom is 0.416 e. The van der Waals surface area contributed by atoms with Crippen molar-refractivity contribution < 1.29 is 62.7 Å². The van der Waals surface area contributed by atoms with Gasteiger partial charge in [-0.25, -0.2) is 8.78 Å². The molecular weight excluding hydrogens is 1450 g/mol. The zero-order valence-electron chi connectivity index (χ0n) is 59.1.